The summed E-state index contributed by atoms with van der Waals surface area (Å²) in [6.07, 6.45) is 0.603. The number of aryl methyl sites for hydroxylation is 2. The van der Waals surface area contributed by atoms with Crippen LogP contribution in [0.25, 0.3) is 11.2 Å². The number of hydrogen-bond acceptors (Lipinski definition) is 5. The average molecular weight is 446 g/mol. The Bertz CT molecular complexity index is 1430. The van der Waals surface area contributed by atoms with Gasteiger partial charge in [-0.2, -0.15) is 4.98 Å². The standard InChI is InChI=1S/C25H27N5O3/c1-17-15-29(19-11-7-8-12-20(19)33-3)24-26-22-21(30(24)16-17)23(31)28(25(32)27(22)2)14-13-18-9-5-4-6-10-18/h4-12,17H,13-16H2,1-3H3/t17-/m0/s1. The van der Waals surface area contributed by atoms with Crippen molar-refractivity contribution in [2.45, 2.75) is 26.4 Å². The molecular weight excluding hydrogens is 418 g/mol. The second-order valence-electron chi connectivity index (χ2n) is 8.62. The SMILES string of the molecule is COc1ccccc1N1C[C@H](C)Cn2c1nc1c2c(=O)n(CCc2ccccc2)c(=O)n1C. The summed E-state index contributed by atoms with van der Waals surface area (Å²) in [5, 5.41) is 0. The van der Waals surface area contributed by atoms with Crippen molar-refractivity contribution >= 4 is 22.8 Å². The van der Waals surface area contributed by atoms with Crippen molar-refractivity contribution in [1.82, 2.24) is 18.7 Å². The molecule has 33 heavy (non-hydrogen) atoms. The predicted octanol–water partition coefficient (Wildman–Crippen LogP) is 2.94. The minimum Gasteiger partial charge on any atom is -0.495 e. The number of benzene rings is 2. The van der Waals surface area contributed by atoms with Gasteiger partial charge in [0.25, 0.3) is 5.56 Å². The molecule has 170 valence electrons. The molecule has 0 aliphatic carbocycles. The highest BCUT2D eigenvalue weighted by atomic mass is 16.5. The fourth-order valence-electron chi connectivity index (χ4n) is 4.64. The van der Waals surface area contributed by atoms with Crippen LogP contribution in [0.1, 0.15) is 12.5 Å². The molecular formula is C25H27N5O3. The lowest BCUT2D eigenvalue weighted by atomic mass is 10.1. The minimum atomic E-state index is -0.351. The van der Waals surface area contributed by atoms with Crippen LogP contribution in [0.2, 0.25) is 0 Å². The first-order valence-corrected chi connectivity index (χ1v) is 11.1. The highest BCUT2D eigenvalue weighted by Gasteiger charge is 2.31. The van der Waals surface area contributed by atoms with Gasteiger partial charge in [-0.15, -0.1) is 0 Å². The van der Waals surface area contributed by atoms with Gasteiger partial charge in [0.05, 0.1) is 12.8 Å². The van der Waals surface area contributed by atoms with Gasteiger partial charge in [0.15, 0.2) is 11.2 Å². The number of rotatable bonds is 5. The molecule has 0 fully saturated rings. The number of anilines is 2. The van der Waals surface area contributed by atoms with Gasteiger partial charge in [0.2, 0.25) is 5.95 Å². The molecule has 1 aliphatic heterocycles. The van der Waals surface area contributed by atoms with E-state index in [0.717, 1.165) is 23.5 Å². The molecule has 0 saturated heterocycles. The Morgan fingerprint density at radius 2 is 1.76 bits per heavy atom. The highest BCUT2D eigenvalue weighted by molar-refractivity contribution is 5.78. The van der Waals surface area contributed by atoms with E-state index >= 15 is 0 Å². The van der Waals surface area contributed by atoms with Gasteiger partial charge in [-0.25, -0.2) is 4.79 Å². The molecule has 2 aromatic heterocycles. The maximum atomic E-state index is 13.6. The Labute approximate surface area is 191 Å². The Balaban J connectivity index is 1.67. The molecule has 1 aliphatic rings. The first kappa shape index (κ1) is 21.1. The Kier molecular flexibility index (Phi) is 5.28. The van der Waals surface area contributed by atoms with Crippen molar-refractivity contribution in [1.29, 1.82) is 0 Å². The monoisotopic (exact) mass is 445 g/mol. The Morgan fingerprint density at radius 1 is 1.03 bits per heavy atom. The van der Waals surface area contributed by atoms with Crippen LogP contribution in [0.4, 0.5) is 11.6 Å². The summed E-state index contributed by atoms with van der Waals surface area (Å²) in [5.74, 6) is 1.66. The molecule has 0 spiro atoms. The number of methoxy groups -OCH3 is 1. The smallest absolute Gasteiger partial charge is 0.332 e. The average Bonchev–Trinajstić information content (AvgIpc) is 3.22. The molecule has 0 amide bonds. The maximum absolute atomic E-state index is 13.6. The van der Waals surface area contributed by atoms with Gasteiger partial charge in [-0.1, -0.05) is 49.4 Å². The largest absolute Gasteiger partial charge is 0.495 e. The summed E-state index contributed by atoms with van der Waals surface area (Å²) in [6, 6.07) is 17.6. The molecule has 3 heterocycles. The lowest BCUT2D eigenvalue weighted by Gasteiger charge is -2.33. The number of imidazole rings is 1. The van der Waals surface area contributed by atoms with Crippen LogP contribution in [-0.4, -0.2) is 32.3 Å². The lowest BCUT2D eigenvalue weighted by molar-refractivity contribution is 0.409. The molecule has 5 rings (SSSR count). The van der Waals surface area contributed by atoms with Crippen molar-refractivity contribution < 1.29 is 4.74 Å². The van der Waals surface area contributed by atoms with Crippen molar-refractivity contribution in [3.63, 3.8) is 0 Å². The van der Waals surface area contributed by atoms with Crippen LogP contribution in [0.3, 0.4) is 0 Å². The summed E-state index contributed by atoms with van der Waals surface area (Å²) < 4.78 is 10.4. The van der Waals surface area contributed by atoms with Crippen molar-refractivity contribution in [2.75, 3.05) is 18.6 Å². The zero-order valence-electron chi connectivity index (χ0n) is 19.1. The minimum absolute atomic E-state index is 0.272. The molecule has 1 atom stereocenters. The van der Waals surface area contributed by atoms with Gasteiger partial charge >= 0.3 is 5.69 Å². The van der Waals surface area contributed by atoms with Gasteiger partial charge < -0.3 is 14.2 Å². The highest BCUT2D eigenvalue weighted by Crippen LogP contribution is 2.37. The molecule has 0 radical (unpaired) electrons. The number of hydrogen-bond donors (Lipinski definition) is 0. The summed E-state index contributed by atoms with van der Waals surface area (Å²) in [7, 11) is 3.32. The van der Waals surface area contributed by atoms with Crippen LogP contribution < -0.4 is 20.9 Å². The quantitative estimate of drug-likeness (QED) is 0.472. The van der Waals surface area contributed by atoms with E-state index < -0.39 is 0 Å². The van der Waals surface area contributed by atoms with E-state index in [4.69, 9.17) is 9.72 Å². The molecule has 8 nitrogen and oxygen atoms in total. The van der Waals surface area contributed by atoms with Crippen molar-refractivity contribution in [2.24, 2.45) is 13.0 Å². The van der Waals surface area contributed by atoms with Crippen LogP contribution in [0.15, 0.2) is 64.2 Å². The summed E-state index contributed by atoms with van der Waals surface area (Å²) in [4.78, 5) is 33.5. The fourth-order valence-corrected chi connectivity index (χ4v) is 4.64. The third-order valence-electron chi connectivity index (χ3n) is 6.29. The molecule has 4 aromatic rings. The van der Waals surface area contributed by atoms with Gasteiger partial charge in [0.1, 0.15) is 5.75 Å². The first-order valence-electron chi connectivity index (χ1n) is 11.1. The van der Waals surface area contributed by atoms with E-state index in [-0.39, 0.29) is 17.2 Å². The number of fused-ring (bicyclic) bond motifs is 3. The third kappa shape index (κ3) is 3.51. The summed E-state index contributed by atoms with van der Waals surface area (Å²) >= 11 is 0. The molecule has 0 N–H and O–H groups in total. The van der Waals surface area contributed by atoms with Gasteiger partial charge in [-0.3, -0.25) is 13.9 Å². The second-order valence-corrected chi connectivity index (χ2v) is 8.62. The van der Waals surface area contributed by atoms with E-state index in [1.807, 2.05) is 59.2 Å². The molecule has 0 saturated carbocycles. The molecule has 0 unspecified atom stereocenters. The Hall–Kier alpha value is -3.81. The molecule has 0 bridgehead atoms. The maximum Gasteiger partial charge on any atom is 0.332 e. The van der Waals surface area contributed by atoms with Crippen LogP contribution in [0.5, 0.6) is 5.75 Å². The number of ether oxygens (including phenoxy) is 1. The number of nitrogens with zero attached hydrogens (tertiary/aromatic N) is 5. The number of aromatic nitrogens is 4. The van der Waals surface area contributed by atoms with E-state index in [9.17, 15) is 9.59 Å². The molecule has 8 heteroatoms. The number of para-hydroxylation sites is 2. The van der Waals surface area contributed by atoms with Crippen LogP contribution >= 0.6 is 0 Å². The second kappa shape index (κ2) is 8.27. The normalized spacial score (nSPS) is 15.6. The zero-order valence-corrected chi connectivity index (χ0v) is 19.1. The van der Waals surface area contributed by atoms with Gasteiger partial charge in [0, 0.05) is 26.7 Å². The van der Waals surface area contributed by atoms with E-state index in [2.05, 4.69) is 11.8 Å². The third-order valence-corrected chi connectivity index (χ3v) is 6.29. The van der Waals surface area contributed by atoms with E-state index in [0.29, 0.717) is 36.6 Å². The first-order chi connectivity index (χ1) is 16.0. The topological polar surface area (TPSA) is 74.3 Å². The summed E-state index contributed by atoms with van der Waals surface area (Å²) in [5.41, 5.74) is 2.19. The van der Waals surface area contributed by atoms with E-state index in [1.165, 1.54) is 9.13 Å². The lowest BCUT2D eigenvalue weighted by Crippen LogP contribution is -2.40. The zero-order chi connectivity index (χ0) is 23.1. The van der Waals surface area contributed by atoms with E-state index in [1.54, 1.807) is 14.2 Å². The van der Waals surface area contributed by atoms with Crippen LogP contribution in [-0.2, 0) is 26.6 Å². The van der Waals surface area contributed by atoms with Crippen molar-refractivity contribution in [3.05, 3.63) is 81.0 Å². The van der Waals surface area contributed by atoms with Crippen molar-refractivity contribution in [3.8, 4) is 5.75 Å². The predicted molar refractivity (Wildman–Crippen MR) is 129 cm³/mol. The summed E-state index contributed by atoms with van der Waals surface area (Å²) in [6.45, 7) is 3.86. The Morgan fingerprint density at radius 3 is 2.52 bits per heavy atom. The fraction of sp³-hybridized carbons (Fsp3) is 0.320. The van der Waals surface area contributed by atoms with Crippen LogP contribution in [0, 0.1) is 5.92 Å². The van der Waals surface area contributed by atoms with Gasteiger partial charge in [-0.05, 0) is 30.0 Å². The molecule has 2 aromatic carbocycles.